The first-order valence-electron chi connectivity index (χ1n) is 3.55. The van der Waals surface area contributed by atoms with E-state index in [1.54, 1.807) is 0 Å². The molecule has 0 radical (unpaired) electrons. The van der Waals surface area contributed by atoms with E-state index in [0.717, 1.165) is 21.2 Å². The highest BCUT2D eigenvalue weighted by Gasteiger charge is 2.02. The van der Waals surface area contributed by atoms with Gasteiger partial charge in [0.05, 0.1) is 0 Å². The summed E-state index contributed by atoms with van der Waals surface area (Å²) in [6.07, 6.45) is 0. The van der Waals surface area contributed by atoms with Crippen molar-refractivity contribution in [3.63, 3.8) is 0 Å². The van der Waals surface area contributed by atoms with Gasteiger partial charge in [-0.3, -0.25) is 4.79 Å². The van der Waals surface area contributed by atoms with Crippen molar-refractivity contribution in [1.29, 1.82) is 0 Å². The summed E-state index contributed by atoms with van der Waals surface area (Å²) in [5, 5.41) is 1.01. The SMILES string of the molecule is Cc1cc2c(Br)cc(=O)[nH]c2[nH]1. The molecule has 2 N–H and O–H groups in total. The van der Waals surface area contributed by atoms with Gasteiger partial charge in [0.2, 0.25) is 0 Å². The average Bonchev–Trinajstić information content (AvgIpc) is 2.29. The van der Waals surface area contributed by atoms with Crippen molar-refractivity contribution in [3.8, 4) is 0 Å². The normalized spacial score (nSPS) is 10.8. The lowest BCUT2D eigenvalue weighted by atomic mass is 10.3. The van der Waals surface area contributed by atoms with Gasteiger partial charge in [-0.2, -0.15) is 0 Å². The molecule has 0 aromatic carbocycles. The molecule has 0 atom stereocenters. The number of fused-ring (bicyclic) bond motifs is 1. The van der Waals surface area contributed by atoms with Crippen LogP contribution in [0, 0.1) is 6.92 Å². The molecule has 0 saturated heterocycles. The number of hydrogen-bond acceptors (Lipinski definition) is 1. The molecule has 62 valence electrons. The molecular weight excluding hydrogens is 220 g/mol. The van der Waals surface area contributed by atoms with Crippen LogP contribution in [0.3, 0.4) is 0 Å². The number of hydrogen-bond donors (Lipinski definition) is 2. The molecule has 0 amide bonds. The van der Waals surface area contributed by atoms with Gasteiger partial charge in [-0.25, -0.2) is 0 Å². The van der Waals surface area contributed by atoms with Crippen molar-refractivity contribution in [3.05, 3.63) is 32.7 Å². The first-order chi connectivity index (χ1) is 5.66. The Balaban J connectivity index is 2.97. The van der Waals surface area contributed by atoms with E-state index >= 15 is 0 Å². The molecular formula is C8H7BrN2O. The summed E-state index contributed by atoms with van der Waals surface area (Å²) in [5.74, 6) is 0. The Kier molecular flexibility index (Phi) is 1.58. The summed E-state index contributed by atoms with van der Waals surface area (Å²) in [7, 11) is 0. The molecule has 0 aliphatic carbocycles. The average molecular weight is 227 g/mol. The third kappa shape index (κ3) is 1.08. The Morgan fingerprint density at radius 2 is 2.08 bits per heavy atom. The van der Waals surface area contributed by atoms with Crippen molar-refractivity contribution < 1.29 is 0 Å². The molecule has 2 aromatic heterocycles. The standard InChI is InChI=1S/C8H7BrN2O/c1-4-2-5-6(9)3-7(12)11-8(5)10-4/h2-3H,1H3,(H2,10,11,12). The lowest BCUT2D eigenvalue weighted by molar-refractivity contribution is 1.21. The van der Waals surface area contributed by atoms with Crippen LogP contribution in [0.25, 0.3) is 11.0 Å². The van der Waals surface area contributed by atoms with Crippen molar-refractivity contribution in [2.24, 2.45) is 0 Å². The molecule has 0 unspecified atom stereocenters. The summed E-state index contributed by atoms with van der Waals surface area (Å²) in [5.41, 5.74) is 1.70. The van der Waals surface area contributed by atoms with Crippen LogP contribution in [0.2, 0.25) is 0 Å². The molecule has 3 nitrogen and oxygen atoms in total. The van der Waals surface area contributed by atoms with E-state index in [0.29, 0.717) is 0 Å². The third-order valence-electron chi connectivity index (χ3n) is 1.72. The maximum atomic E-state index is 11.0. The van der Waals surface area contributed by atoms with E-state index in [4.69, 9.17) is 0 Å². The summed E-state index contributed by atoms with van der Waals surface area (Å²) < 4.78 is 0.825. The predicted molar refractivity (Wildman–Crippen MR) is 51.4 cm³/mol. The number of pyridine rings is 1. The maximum Gasteiger partial charge on any atom is 0.250 e. The fourth-order valence-corrected chi connectivity index (χ4v) is 1.75. The molecule has 2 aromatic rings. The monoisotopic (exact) mass is 226 g/mol. The number of aryl methyl sites for hydroxylation is 1. The van der Waals surface area contributed by atoms with Crippen LogP contribution in [0.4, 0.5) is 0 Å². The topological polar surface area (TPSA) is 48.6 Å². The summed E-state index contributed by atoms with van der Waals surface area (Å²) >= 11 is 3.32. The van der Waals surface area contributed by atoms with Crippen molar-refractivity contribution in [2.45, 2.75) is 6.92 Å². The van der Waals surface area contributed by atoms with E-state index < -0.39 is 0 Å². The molecule has 0 spiro atoms. The molecule has 2 heterocycles. The molecule has 0 aliphatic rings. The van der Waals surface area contributed by atoms with E-state index in [9.17, 15) is 4.79 Å². The van der Waals surface area contributed by atoms with Crippen molar-refractivity contribution in [2.75, 3.05) is 0 Å². The minimum Gasteiger partial charge on any atom is -0.345 e. The van der Waals surface area contributed by atoms with Crippen LogP contribution in [-0.4, -0.2) is 9.97 Å². The minimum absolute atomic E-state index is 0.101. The quantitative estimate of drug-likeness (QED) is 0.709. The van der Waals surface area contributed by atoms with Crippen LogP contribution in [-0.2, 0) is 0 Å². The van der Waals surface area contributed by atoms with Crippen LogP contribution in [0.1, 0.15) is 5.69 Å². The smallest absolute Gasteiger partial charge is 0.250 e. The van der Waals surface area contributed by atoms with Crippen molar-refractivity contribution >= 4 is 27.0 Å². The van der Waals surface area contributed by atoms with Crippen LogP contribution >= 0.6 is 15.9 Å². The lowest BCUT2D eigenvalue weighted by Gasteiger charge is -1.90. The Bertz CT molecular complexity index is 483. The number of nitrogens with one attached hydrogen (secondary N) is 2. The van der Waals surface area contributed by atoms with Gasteiger partial charge in [0.25, 0.3) is 5.56 Å². The van der Waals surface area contributed by atoms with Crippen LogP contribution in [0.5, 0.6) is 0 Å². The van der Waals surface area contributed by atoms with Gasteiger partial charge in [0.15, 0.2) is 0 Å². The second kappa shape index (κ2) is 2.48. The van der Waals surface area contributed by atoms with Gasteiger partial charge in [-0.1, -0.05) is 0 Å². The highest BCUT2D eigenvalue weighted by Crippen LogP contribution is 2.20. The molecule has 2 rings (SSSR count). The summed E-state index contributed by atoms with van der Waals surface area (Å²) in [4.78, 5) is 16.8. The maximum absolute atomic E-state index is 11.0. The number of H-pyrrole nitrogens is 2. The summed E-state index contributed by atoms with van der Waals surface area (Å²) in [6.45, 7) is 1.95. The van der Waals surface area contributed by atoms with Crippen LogP contribution < -0.4 is 5.56 Å². The van der Waals surface area contributed by atoms with Gasteiger partial charge >= 0.3 is 0 Å². The summed E-state index contributed by atoms with van der Waals surface area (Å²) in [6, 6.07) is 3.50. The molecule has 0 aliphatic heterocycles. The molecule has 12 heavy (non-hydrogen) atoms. The zero-order chi connectivity index (χ0) is 8.72. The fraction of sp³-hybridized carbons (Fsp3) is 0.125. The molecule has 0 fully saturated rings. The number of aromatic nitrogens is 2. The zero-order valence-corrected chi connectivity index (χ0v) is 8.03. The minimum atomic E-state index is -0.101. The highest BCUT2D eigenvalue weighted by molar-refractivity contribution is 9.10. The van der Waals surface area contributed by atoms with Gasteiger partial charge in [-0.05, 0) is 28.9 Å². The highest BCUT2D eigenvalue weighted by atomic mass is 79.9. The number of halogens is 1. The Hall–Kier alpha value is -1.03. The van der Waals surface area contributed by atoms with Gasteiger partial charge < -0.3 is 9.97 Å². The molecule has 0 bridgehead atoms. The van der Waals surface area contributed by atoms with E-state index in [-0.39, 0.29) is 5.56 Å². The van der Waals surface area contributed by atoms with Gasteiger partial charge in [-0.15, -0.1) is 0 Å². The second-order valence-electron chi connectivity index (χ2n) is 2.72. The predicted octanol–water partition coefficient (Wildman–Crippen LogP) is 1.93. The fourth-order valence-electron chi connectivity index (χ4n) is 1.23. The molecule has 4 heteroatoms. The Morgan fingerprint density at radius 3 is 2.83 bits per heavy atom. The first kappa shape index (κ1) is 7.61. The first-order valence-corrected chi connectivity index (χ1v) is 4.34. The van der Waals surface area contributed by atoms with E-state index in [2.05, 4.69) is 25.9 Å². The van der Waals surface area contributed by atoms with Gasteiger partial charge in [0, 0.05) is 21.6 Å². The largest absolute Gasteiger partial charge is 0.345 e. The van der Waals surface area contributed by atoms with Gasteiger partial charge in [0.1, 0.15) is 5.65 Å². The number of aromatic amines is 2. The number of rotatable bonds is 0. The Labute approximate surface area is 76.9 Å². The lowest BCUT2D eigenvalue weighted by Crippen LogP contribution is -2.02. The molecule has 0 saturated carbocycles. The Morgan fingerprint density at radius 1 is 1.33 bits per heavy atom. The van der Waals surface area contributed by atoms with E-state index in [1.165, 1.54) is 6.07 Å². The van der Waals surface area contributed by atoms with E-state index in [1.807, 2.05) is 13.0 Å². The zero-order valence-electron chi connectivity index (χ0n) is 6.44. The second-order valence-corrected chi connectivity index (χ2v) is 3.58. The van der Waals surface area contributed by atoms with Crippen molar-refractivity contribution in [1.82, 2.24) is 9.97 Å². The van der Waals surface area contributed by atoms with Crippen LogP contribution in [0.15, 0.2) is 21.4 Å². The third-order valence-corrected chi connectivity index (χ3v) is 2.37.